The highest BCUT2D eigenvalue weighted by atomic mass is 32.2. The quantitative estimate of drug-likeness (QED) is 0.295. The Morgan fingerprint density at radius 1 is 1.02 bits per heavy atom. The maximum absolute atomic E-state index is 13.8. The van der Waals surface area contributed by atoms with Crippen LogP contribution in [0.2, 0.25) is 0 Å². The number of carbonyl (C=O) groups is 2. The van der Waals surface area contributed by atoms with E-state index in [1.165, 1.54) is 0 Å². The summed E-state index contributed by atoms with van der Waals surface area (Å²) in [4.78, 5) is 31.4. The first-order valence-electron chi connectivity index (χ1n) is 14.9. The number of likely N-dealkylation sites (N-methyl/N-ethyl adjacent to an activating group) is 1. The number of H-pyrrole nitrogens is 1. The number of amides is 2. The summed E-state index contributed by atoms with van der Waals surface area (Å²) in [5.74, 6) is -1.97. The van der Waals surface area contributed by atoms with Crippen LogP contribution in [0.25, 0.3) is 0 Å². The molecule has 4 N–H and O–H groups in total. The lowest BCUT2D eigenvalue weighted by molar-refractivity contribution is -0.118. The largest absolute Gasteiger partial charge is 0.593 e. The van der Waals surface area contributed by atoms with E-state index in [1.54, 1.807) is 10.4 Å². The average Bonchev–Trinajstić information content (AvgIpc) is 3.42. The summed E-state index contributed by atoms with van der Waals surface area (Å²) in [5, 5.41) is 16.4. The molecule has 0 saturated carbocycles. The minimum atomic E-state index is -1.82. The second-order valence-electron chi connectivity index (χ2n) is 11.5. The van der Waals surface area contributed by atoms with Gasteiger partial charge in [-0.3, -0.25) is 14.7 Å². The number of carbonyl (C=O) groups excluding carboxylic acids is 2. The standard InChI is InChI=1S/C30H36F2N8O3S/c1-38-10-12-39(13-11-38)21-5-6-23(27(17-21)34-30(42)26-4-2-3-8-33-26)29(41)35-28-24-18-40(9-7-25(24)36-37-28)44(43)22-15-19(31)14-20(32)16-22/h5-6,14-17,26,33H,2-4,7-13,18H2,1H3,(H,34,42)(H2,35,36,37,41). The second-order valence-corrected chi connectivity index (χ2v) is 12.9. The van der Waals surface area contributed by atoms with E-state index in [0.717, 1.165) is 81.6 Å². The molecule has 2 saturated heterocycles. The molecule has 6 rings (SSSR count). The minimum absolute atomic E-state index is 0.0216. The fourth-order valence-electron chi connectivity index (χ4n) is 5.86. The second kappa shape index (κ2) is 13.2. The number of aromatic amines is 1. The summed E-state index contributed by atoms with van der Waals surface area (Å²) in [6.07, 6.45) is 3.16. The van der Waals surface area contributed by atoms with E-state index < -0.39 is 28.9 Å². The Morgan fingerprint density at radius 2 is 1.80 bits per heavy atom. The zero-order chi connectivity index (χ0) is 30.8. The van der Waals surface area contributed by atoms with Gasteiger partial charge in [-0.2, -0.15) is 5.10 Å². The average molecular weight is 627 g/mol. The molecule has 0 spiro atoms. The minimum Gasteiger partial charge on any atom is -0.593 e. The first-order valence-corrected chi connectivity index (χ1v) is 16.0. The maximum atomic E-state index is 13.8. The van der Waals surface area contributed by atoms with Crippen molar-refractivity contribution in [2.75, 3.05) is 61.8 Å². The smallest absolute Gasteiger partial charge is 0.258 e. The SMILES string of the molecule is CN1CCN(c2ccc(C(=O)Nc3n[nH]c4c3CN([S+]([O-])c3cc(F)cc(F)c3)CC4)c(NC(=O)C3CCCCN3)c2)CC1. The number of hydrogen-bond donors (Lipinski definition) is 4. The zero-order valence-electron chi connectivity index (χ0n) is 24.5. The Balaban J connectivity index is 1.22. The highest BCUT2D eigenvalue weighted by Gasteiger charge is 2.32. The number of piperidine rings is 1. The van der Waals surface area contributed by atoms with Crippen LogP contribution in [0.4, 0.5) is 26.0 Å². The number of aromatic nitrogens is 2. The number of piperazine rings is 1. The predicted octanol–water partition coefficient (Wildman–Crippen LogP) is 2.85. The molecule has 3 aliphatic rings. The zero-order valence-corrected chi connectivity index (χ0v) is 25.3. The van der Waals surface area contributed by atoms with Crippen molar-refractivity contribution >= 4 is 40.4 Å². The molecule has 234 valence electrons. The Morgan fingerprint density at radius 3 is 2.52 bits per heavy atom. The lowest BCUT2D eigenvalue weighted by atomic mass is 10.0. The third-order valence-corrected chi connectivity index (χ3v) is 9.82. The van der Waals surface area contributed by atoms with Crippen LogP contribution in [-0.4, -0.2) is 88.1 Å². The van der Waals surface area contributed by atoms with E-state index >= 15 is 0 Å². The predicted molar refractivity (Wildman–Crippen MR) is 164 cm³/mol. The van der Waals surface area contributed by atoms with E-state index in [1.807, 2.05) is 12.1 Å². The van der Waals surface area contributed by atoms with Gasteiger partial charge in [0.05, 0.1) is 41.7 Å². The van der Waals surface area contributed by atoms with Crippen LogP contribution >= 0.6 is 0 Å². The van der Waals surface area contributed by atoms with Crippen molar-refractivity contribution in [2.24, 2.45) is 0 Å². The van der Waals surface area contributed by atoms with Crippen molar-refractivity contribution in [3.05, 3.63) is 64.9 Å². The van der Waals surface area contributed by atoms with Crippen molar-refractivity contribution in [1.82, 2.24) is 24.7 Å². The van der Waals surface area contributed by atoms with Crippen LogP contribution in [0.3, 0.4) is 0 Å². The Bertz CT molecular complexity index is 1500. The summed E-state index contributed by atoms with van der Waals surface area (Å²) >= 11 is -1.82. The highest BCUT2D eigenvalue weighted by Crippen LogP contribution is 2.31. The number of rotatable bonds is 7. The van der Waals surface area contributed by atoms with E-state index in [-0.39, 0.29) is 34.8 Å². The molecule has 2 atom stereocenters. The lowest BCUT2D eigenvalue weighted by Crippen LogP contribution is -2.45. The molecule has 0 radical (unpaired) electrons. The molecule has 3 aliphatic heterocycles. The van der Waals surface area contributed by atoms with Crippen molar-refractivity contribution in [1.29, 1.82) is 0 Å². The topological polar surface area (TPSA) is 132 Å². The monoisotopic (exact) mass is 626 g/mol. The maximum Gasteiger partial charge on any atom is 0.258 e. The molecule has 1 aromatic heterocycles. The van der Waals surface area contributed by atoms with Crippen LogP contribution in [0.15, 0.2) is 41.3 Å². The van der Waals surface area contributed by atoms with Crippen LogP contribution in [0, 0.1) is 11.6 Å². The fourth-order valence-corrected chi connectivity index (χ4v) is 7.09. The third kappa shape index (κ3) is 6.74. The van der Waals surface area contributed by atoms with Gasteiger partial charge in [0, 0.05) is 67.7 Å². The van der Waals surface area contributed by atoms with Gasteiger partial charge in [0.2, 0.25) is 5.91 Å². The molecule has 2 aromatic carbocycles. The Labute approximate surface area is 257 Å². The molecule has 2 unspecified atom stereocenters. The van der Waals surface area contributed by atoms with Gasteiger partial charge in [0.15, 0.2) is 10.7 Å². The highest BCUT2D eigenvalue weighted by molar-refractivity contribution is 7.89. The van der Waals surface area contributed by atoms with Crippen molar-refractivity contribution in [2.45, 2.75) is 43.2 Å². The number of nitrogens with zero attached hydrogens (tertiary/aromatic N) is 4. The summed E-state index contributed by atoms with van der Waals surface area (Å²) in [6.45, 7) is 4.77. The fraction of sp³-hybridized carbons (Fsp3) is 0.433. The molecule has 3 aromatic rings. The number of fused-ring (bicyclic) bond motifs is 1. The van der Waals surface area contributed by atoms with Crippen molar-refractivity contribution in [3.63, 3.8) is 0 Å². The van der Waals surface area contributed by atoms with Crippen LogP contribution in [-0.2, 0) is 29.1 Å². The number of benzene rings is 2. The number of halogens is 2. The normalized spacial score (nSPS) is 20.2. The van der Waals surface area contributed by atoms with E-state index in [4.69, 9.17) is 0 Å². The van der Waals surface area contributed by atoms with E-state index in [9.17, 15) is 22.9 Å². The molecular weight excluding hydrogens is 590 g/mol. The van der Waals surface area contributed by atoms with Gasteiger partial charge in [-0.1, -0.05) is 6.42 Å². The van der Waals surface area contributed by atoms with E-state index in [2.05, 4.69) is 43.0 Å². The molecule has 4 heterocycles. The molecule has 44 heavy (non-hydrogen) atoms. The summed E-state index contributed by atoms with van der Waals surface area (Å²) in [7, 11) is 2.08. The molecule has 14 heteroatoms. The van der Waals surface area contributed by atoms with Crippen molar-refractivity contribution < 1.29 is 22.9 Å². The van der Waals surface area contributed by atoms with Crippen LogP contribution in [0.1, 0.15) is 40.9 Å². The Kier molecular flexibility index (Phi) is 9.14. The van der Waals surface area contributed by atoms with Gasteiger partial charge < -0.3 is 30.3 Å². The summed E-state index contributed by atoms with van der Waals surface area (Å²) in [5.41, 5.74) is 3.04. The Hall–Kier alpha value is -3.56. The summed E-state index contributed by atoms with van der Waals surface area (Å²) in [6, 6.07) is 7.96. The van der Waals surface area contributed by atoms with Crippen LogP contribution < -0.4 is 20.9 Å². The van der Waals surface area contributed by atoms with Gasteiger partial charge in [-0.25, -0.2) is 8.78 Å². The molecular formula is C30H36F2N8O3S. The molecule has 2 amide bonds. The van der Waals surface area contributed by atoms with Gasteiger partial charge in [0.25, 0.3) is 5.91 Å². The molecule has 0 bridgehead atoms. The third-order valence-electron chi connectivity index (χ3n) is 8.40. The number of hydrogen-bond acceptors (Lipinski definition) is 8. The van der Waals surface area contributed by atoms with E-state index in [0.29, 0.717) is 24.2 Å². The van der Waals surface area contributed by atoms with Gasteiger partial charge in [-0.15, -0.1) is 4.31 Å². The molecule has 0 aliphatic carbocycles. The van der Waals surface area contributed by atoms with Gasteiger partial charge >= 0.3 is 0 Å². The first kappa shape index (κ1) is 30.5. The van der Waals surface area contributed by atoms with Gasteiger partial charge in [-0.05, 0) is 44.6 Å². The lowest BCUT2D eigenvalue weighted by Gasteiger charge is -2.34. The number of anilines is 3. The summed E-state index contributed by atoms with van der Waals surface area (Å²) < 4.78 is 42.3. The molecule has 2 fully saturated rings. The first-order chi connectivity index (χ1) is 21.2. The van der Waals surface area contributed by atoms with Crippen LogP contribution in [0.5, 0.6) is 0 Å². The number of nitrogens with one attached hydrogen (secondary N) is 4. The van der Waals surface area contributed by atoms with Gasteiger partial charge in [0.1, 0.15) is 11.6 Å². The van der Waals surface area contributed by atoms with Crippen molar-refractivity contribution in [3.8, 4) is 0 Å². The molecule has 11 nitrogen and oxygen atoms in total.